The highest BCUT2D eigenvalue weighted by Gasteiger charge is 2.20. The summed E-state index contributed by atoms with van der Waals surface area (Å²) in [6.45, 7) is 4.26. The van der Waals surface area contributed by atoms with Gasteiger partial charge in [-0.25, -0.2) is 0 Å². The molecule has 1 fully saturated rings. The highest BCUT2D eigenvalue weighted by molar-refractivity contribution is 4.97. The van der Waals surface area contributed by atoms with Crippen LogP contribution in [0.5, 0.6) is 0 Å². The van der Waals surface area contributed by atoms with E-state index in [0.717, 1.165) is 50.5 Å². The number of piperidine rings is 1. The van der Waals surface area contributed by atoms with Gasteiger partial charge in [0.05, 0.1) is 0 Å². The van der Waals surface area contributed by atoms with E-state index < -0.39 is 0 Å². The first-order valence-corrected chi connectivity index (χ1v) is 5.43. The lowest BCUT2D eigenvalue weighted by atomic mass is 9.98. The van der Waals surface area contributed by atoms with Gasteiger partial charge in [0.1, 0.15) is 0 Å². The number of aromatic nitrogens is 2. The molecule has 2 rings (SSSR count). The molecule has 4 heteroatoms. The minimum absolute atomic E-state index is 0.505. The molecule has 1 saturated heterocycles. The summed E-state index contributed by atoms with van der Waals surface area (Å²) < 4.78 is 5.18. The van der Waals surface area contributed by atoms with Crippen molar-refractivity contribution in [2.24, 2.45) is 0 Å². The van der Waals surface area contributed by atoms with Crippen LogP contribution in [0.4, 0.5) is 0 Å². The summed E-state index contributed by atoms with van der Waals surface area (Å²) in [5.74, 6) is 2.21. The van der Waals surface area contributed by atoms with Crippen molar-refractivity contribution in [3.63, 3.8) is 0 Å². The highest BCUT2D eigenvalue weighted by Crippen LogP contribution is 2.22. The van der Waals surface area contributed by atoms with Crippen LogP contribution < -0.4 is 5.32 Å². The maximum atomic E-state index is 5.18. The van der Waals surface area contributed by atoms with Crippen molar-refractivity contribution in [2.45, 2.75) is 38.5 Å². The molecule has 78 valence electrons. The van der Waals surface area contributed by atoms with E-state index in [2.05, 4.69) is 22.4 Å². The Morgan fingerprint density at radius 2 is 2.21 bits per heavy atom. The average molecular weight is 195 g/mol. The van der Waals surface area contributed by atoms with Gasteiger partial charge in [-0.1, -0.05) is 12.1 Å². The number of rotatable bonds is 3. The molecular formula is C10H17N3O. The van der Waals surface area contributed by atoms with Crippen molar-refractivity contribution in [2.75, 3.05) is 13.1 Å². The van der Waals surface area contributed by atoms with E-state index in [4.69, 9.17) is 4.52 Å². The van der Waals surface area contributed by atoms with Gasteiger partial charge in [0.25, 0.3) is 0 Å². The number of nitrogens with one attached hydrogen (secondary N) is 1. The first kappa shape index (κ1) is 9.65. The van der Waals surface area contributed by atoms with Crippen LogP contribution in [0.25, 0.3) is 0 Å². The summed E-state index contributed by atoms with van der Waals surface area (Å²) in [6, 6.07) is 0. The van der Waals surface area contributed by atoms with Gasteiger partial charge in [0, 0.05) is 12.3 Å². The quantitative estimate of drug-likeness (QED) is 0.794. The number of nitrogens with zero attached hydrogens (tertiary/aromatic N) is 2. The second-order valence-electron chi connectivity index (χ2n) is 3.82. The number of hydrogen-bond donors (Lipinski definition) is 1. The maximum Gasteiger partial charge on any atom is 0.226 e. The molecule has 1 aliphatic rings. The fourth-order valence-corrected chi connectivity index (χ4v) is 1.83. The lowest BCUT2D eigenvalue weighted by Crippen LogP contribution is -2.27. The molecule has 14 heavy (non-hydrogen) atoms. The molecular weight excluding hydrogens is 178 g/mol. The van der Waals surface area contributed by atoms with Crippen LogP contribution in [0.2, 0.25) is 0 Å². The second-order valence-corrected chi connectivity index (χ2v) is 3.82. The molecule has 1 aromatic heterocycles. The molecule has 0 atom stereocenters. The Kier molecular flexibility index (Phi) is 3.14. The molecule has 1 aromatic rings. The Bertz CT molecular complexity index is 279. The molecule has 0 radical (unpaired) electrons. The number of hydrogen-bond acceptors (Lipinski definition) is 4. The Morgan fingerprint density at radius 1 is 1.43 bits per heavy atom. The van der Waals surface area contributed by atoms with Crippen molar-refractivity contribution in [3.05, 3.63) is 11.7 Å². The molecule has 0 saturated carbocycles. The summed E-state index contributed by atoms with van der Waals surface area (Å²) in [5, 5.41) is 7.37. The second kappa shape index (κ2) is 4.55. The van der Waals surface area contributed by atoms with Crippen molar-refractivity contribution >= 4 is 0 Å². The van der Waals surface area contributed by atoms with Crippen LogP contribution in [-0.2, 0) is 6.42 Å². The van der Waals surface area contributed by atoms with Crippen LogP contribution in [-0.4, -0.2) is 23.2 Å². The van der Waals surface area contributed by atoms with Crippen LogP contribution in [0.1, 0.15) is 43.8 Å². The summed E-state index contributed by atoms with van der Waals surface area (Å²) in [5.41, 5.74) is 0. The lowest BCUT2D eigenvalue weighted by molar-refractivity contribution is 0.360. The zero-order valence-corrected chi connectivity index (χ0v) is 8.62. The third-order valence-electron chi connectivity index (χ3n) is 2.65. The molecule has 0 aliphatic carbocycles. The van der Waals surface area contributed by atoms with Gasteiger partial charge in [-0.2, -0.15) is 4.98 Å². The van der Waals surface area contributed by atoms with Gasteiger partial charge in [0.15, 0.2) is 5.82 Å². The molecule has 2 heterocycles. The van der Waals surface area contributed by atoms with Crippen molar-refractivity contribution in [1.29, 1.82) is 0 Å². The molecule has 0 aromatic carbocycles. The van der Waals surface area contributed by atoms with E-state index in [0.29, 0.717) is 5.92 Å². The van der Waals surface area contributed by atoms with Gasteiger partial charge in [-0.3, -0.25) is 0 Å². The van der Waals surface area contributed by atoms with Crippen LogP contribution >= 0.6 is 0 Å². The first-order chi connectivity index (χ1) is 6.90. The maximum absolute atomic E-state index is 5.18. The van der Waals surface area contributed by atoms with Gasteiger partial charge >= 0.3 is 0 Å². The summed E-state index contributed by atoms with van der Waals surface area (Å²) >= 11 is 0. The van der Waals surface area contributed by atoms with E-state index >= 15 is 0 Å². The Labute approximate surface area is 84.1 Å². The van der Waals surface area contributed by atoms with E-state index in [1.165, 1.54) is 0 Å². The Morgan fingerprint density at radius 3 is 2.93 bits per heavy atom. The topological polar surface area (TPSA) is 51.0 Å². The predicted molar refractivity (Wildman–Crippen MR) is 53.1 cm³/mol. The molecule has 0 amide bonds. The SMILES string of the molecule is CCCc1nc(C2CCNCC2)no1. The summed E-state index contributed by atoms with van der Waals surface area (Å²) in [6.07, 6.45) is 4.22. The van der Waals surface area contributed by atoms with Gasteiger partial charge in [-0.05, 0) is 32.4 Å². The van der Waals surface area contributed by atoms with Gasteiger partial charge in [-0.15, -0.1) is 0 Å². The van der Waals surface area contributed by atoms with Crippen molar-refractivity contribution in [3.8, 4) is 0 Å². The molecule has 1 N–H and O–H groups in total. The van der Waals surface area contributed by atoms with Crippen LogP contribution in [0.15, 0.2) is 4.52 Å². The van der Waals surface area contributed by atoms with E-state index in [1.807, 2.05) is 0 Å². The van der Waals surface area contributed by atoms with Gasteiger partial charge < -0.3 is 9.84 Å². The van der Waals surface area contributed by atoms with E-state index in [9.17, 15) is 0 Å². The van der Waals surface area contributed by atoms with E-state index in [-0.39, 0.29) is 0 Å². The molecule has 0 unspecified atom stereocenters. The van der Waals surface area contributed by atoms with Crippen LogP contribution in [0.3, 0.4) is 0 Å². The van der Waals surface area contributed by atoms with Crippen molar-refractivity contribution in [1.82, 2.24) is 15.5 Å². The summed E-state index contributed by atoms with van der Waals surface area (Å²) in [7, 11) is 0. The average Bonchev–Trinajstić information content (AvgIpc) is 2.68. The molecule has 4 nitrogen and oxygen atoms in total. The highest BCUT2D eigenvalue weighted by atomic mass is 16.5. The predicted octanol–water partition coefficient (Wildman–Crippen LogP) is 1.49. The third-order valence-corrected chi connectivity index (χ3v) is 2.65. The lowest BCUT2D eigenvalue weighted by Gasteiger charge is -2.18. The molecule has 0 spiro atoms. The fourth-order valence-electron chi connectivity index (χ4n) is 1.83. The standard InChI is InChI=1S/C10H17N3O/c1-2-3-9-12-10(13-14-9)8-4-6-11-7-5-8/h8,11H,2-7H2,1H3. The normalized spacial score (nSPS) is 18.6. The first-order valence-electron chi connectivity index (χ1n) is 5.43. The number of aryl methyl sites for hydroxylation is 1. The minimum atomic E-state index is 0.505. The largest absolute Gasteiger partial charge is 0.339 e. The Hall–Kier alpha value is -0.900. The van der Waals surface area contributed by atoms with Crippen LogP contribution in [0, 0.1) is 0 Å². The minimum Gasteiger partial charge on any atom is -0.339 e. The Balaban J connectivity index is 2.00. The zero-order valence-electron chi connectivity index (χ0n) is 8.62. The third kappa shape index (κ3) is 2.12. The van der Waals surface area contributed by atoms with Gasteiger partial charge in [0.2, 0.25) is 5.89 Å². The van der Waals surface area contributed by atoms with Crippen molar-refractivity contribution < 1.29 is 4.52 Å². The van der Waals surface area contributed by atoms with E-state index in [1.54, 1.807) is 0 Å². The molecule has 1 aliphatic heterocycles. The fraction of sp³-hybridized carbons (Fsp3) is 0.800. The summed E-state index contributed by atoms with van der Waals surface area (Å²) in [4.78, 5) is 4.42. The zero-order chi connectivity index (χ0) is 9.80. The monoisotopic (exact) mass is 195 g/mol. The smallest absolute Gasteiger partial charge is 0.226 e. The molecule has 0 bridgehead atoms.